The van der Waals surface area contributed by atoms with Crippen LogP contribution in [0.2, 0.25) is 0 Å². The molecule has 2 rings (SSSR count). The summed E-state index contributed by atoms with van der Waals surface area (Å²) in [6.07, 6.45) is 7.58. The highest BCUT2D eigenvalue weighted by Gasteiger charge is 2.03. The number of nitrogens with zero attached hydrogens (tertiary/aromatic N) is 2. The lowest BCUT2D eigenvalue weighted by molar-refractivity contribution is -0.134. The van der Waals surface area contributed by atoms with Gasteiger partial charge in [0, 0.05) is 18.2 Å². The van der Waals surface area contributed by atoms with Gasteiger partial charge in [-0.25, -0.2) is 9.78 Å². The summed E-state index contributed by atoms with van der Waals surface area (Å²) >= 11 is 0. The number of hydrogen-bond acceptors (Lipinski definition) is 6. The highest BCUT2D eigenvalue weighted by Crippen LogP contribution is 2.19. The molecular weight excluding hydrogens is 316 g/mol. The average molecular weight is 340 g/mol. The monoisotopic (exact) mass is 340 g/mol. The Labute approximate surface area is 148 Å². The molecule has 0 spiro atoms. The number of carbonyl (C=O) groups excluding carboxylic acids is 1. The number of aromatic nitrogens is 2. The Bertz CT molecular complexity index is 716. The van der Waals surface area contributed by atoms with Crippen molar-refractivity contribution in [2.75, 3.05) is 32.1 Å². The van der Waals surface area contributed by atoms with Crippen molar-refractivity contribution in [1.29, 1.82) is 0 Å². The minimum absolute atomic E-state index is 0.381. The molecule has 25 heavy (non-hydrogen) atoms. The first-order valence-corrected chi connectivity index (χ1v) is 8.36. The molecule has 2 N–H and O–H groups in total. The summed E-state index contributed by atoms with van der Waals surface area (Å²) in [5, 5.41) is 6.57. The molecule has 2 aromatic rings. The number of methoxy groups -OCH3 is 1. The topological polar surface area (TPSA) is 76.1 Å². The fourth-order valence-electron chi connectivity index (χ4n) is 2.23. The lowest BCUT2D eigenvalue weighted by Gasteiger charge is -2.08. The molecule has 132 valence electrons. The number of rotatable bonds is 9. The minimum atomic E-state index is -0.381. The number of anilines is 1. The van der Waals surface area contributed by atoms with Crippen LogP contribution in [0.3, 0.4) is 0 Å². The highest BCUT2D eigenvalue weighted by atomic mass is 16.5. The number of nitrogens with one attached hydrogen (secondary N) is 2. The van der Waals surface area contributed by atoms with Gasteiger partial charge >= 0.3 is 5.97 Å². The van der Waals surface area contributed by atoms with Crippen molar-refractivity contribution in [3.05, 3.63) is 48.3 Å². The van der Waals surface area contributed by atoms with E-state index in [9.17, 15) is 4.79 Å². The van der Waals surface area contributed by atoms with Gasteiger partial charge in [0.05, 0.1) is 25.2 Å². The van der Waals surface area contributed by atoms with Crippen LogP contribution in [0.25, 0.3) is 17.3 Å². The molecule has 0 bridgehead atoms. The van der Waals surface area contributed by atoms with Gasteiger partial charge in [0.25, 0.3) is 0 Å². The zero-order chi connectivity index (χ0) is 17.9. The van der Waals surface area contributed by atoms with Gasteiger partial charge in [0.1, 0.15) is 5.82 Å². The molecule has 0 aliphatic carbocycles. The molecule has 1 heterocycles. The van der Waals surface area contributed by atoms with Crippen molar-refractivity contribution in [3.8, 4) is 11.3 Å². The second-order valence-electron chi connectivity index (χ2n) is 5.41. The van der Waals surface area contributed by atoms with E-state index in [4.69, 9.17) is 0 Å². The zero-order valence-corrected chi connectivity index (χ0v) is 14.7. The summed E-state index contributed by atoms with van der Waals surface area (Å²) in [5.41, 5.74) is 2.62. The van der Waals surface area contributed by atoms with Crippen LogP contribution >= 0.6 is 0 Å². The Morgan fingerprint density at radius 2 is 2.16 bits per heavy atom. The number of esters is 1. The third kappa shape index (κ3) is 6.35. The van der Waals surface area contributed by atoms with Gasteiger partial charge in [0.15, 0.2) is 0 Å². The quantitative estimate of drug-likeness (QED) is 0.415. The van der Waals surface area contributed by atoms with E-state index in [0.717, 1.165) is 48.7 Å². The van der Waals surface area contributed by atoms with Crippen LogP contribution in [0.1, 0.15) is 18.9 Å². The Balaban J connectivity index is 2.04. The molecule has 0 amide bonds. The summed E-state index contributed by atoms with van der Waals surface area (Å²) in [4.78, 5) is 20.1. The van der Waals surface area contributed by atoms with Crippen molar-refractivity contribution in [2.24, 2.45) is 0 Å². The lowest BCUT2D eigenvalue weighted by Crippen LogP contribution is -2.17. The molecule has 0 fully saturated rings. The SMILES string of the molecule is CCNCCCNc1cncc(-c2cccc(/C=C/C(=O)OC)c2)n1. The van der Waals surface area contributed by atoms with Crippen molar-refractivity contribution >= 4 is 17.9 Å². The number of benzene rings is 1. The van der Waals surface area contributed by atoms with Gasteiger partial charge in [-0.15, -0.1) is 0 Å². The third-order valence-corrected chi connectivity index (χ3v) is 3.52. The van der Waals surface area contributed by atoms with Crippen LogP contribution in [-0.2, 0) is 9.53 Å². The van der Waals surface area contributed by atoms with Gasteiger partial charge in [0.2, 0.25) is 0 Å². The second-order valence-corrected chi connectivity index (χ2v) is 5.41. The molecule has 0 radical (unpaired) electrons. The maximum atomic E-state index is 11.2. The van der Waals surface area contributed by atoms with E-state index in [0.29, 0.717) is 0 Å². The predicted octanol–water partition coefficient (Wildman–Crippen LogP) is 2.74. The summed E-state index contributed by atoms with van der Waals surface area (Å²) < 4.78 is 4.60. The molecule has 0 unspecified atom stereocenters. The summed E-state index contributed by atoms with van der Waals surface area (Å²) in [6.45, 7) is 4.89. The van der Waals surface area contributed by atoms with E-state index in [2.05, 4.69) is 32.3 Å². The predicted molar refractivity (Wildman–Crippen MR) is 100 cm³/mol. The van der Waals surface area contributed by atoms with E-state index < -0.39 is 0 Å². The number of ether oxygens (including phenoxy) is 1. The van der Waals surface area contributed by atoms with Crippen molar-refractivity contribution in [3.63, 3.8) is 0 Å². The standard InChI is InChI=1S/C19H24N4O2/c1-3-20-10-5-11-22-18-14-21-13-17(23-18)16-7-4-6-15(12-16)8-9-19(24)25-2/h4,6-9,12-14,20H,3,5,10-11H2,1-2H3,(H,22,23)/b9-8+. The van der Waals surface area contributed by atoms with Gasteiger partial charge in [-0.2, -0.15) is 0 Å². The van der Waals surface area contributed by atoms with Crippen molar-refractivity contribution < 1.29 is 9.53 Å². The van der Waals surface area contributed by atoms with Crippen molar-refractivity contribution in [2.45, 2.75) is 13.3 Å². The highest BCUT2D eigenvalue weighted by molar-refractivity contribution is 5.87. The lowest BCUT2D eigenvalue weighted by atomic mass is 10.1. The minimum Gasteiger partial charge on any atom is -0.466 e. The Hall–Kier alpha value is -2.73. The summed E-state index contributed by atoms with van der Waals surface area (Å²) in [6, 6.07) is 7.76. The Morgan fingerprint density at radius 1 is 1.28 bits per heavy atom. The smallest absolute Gasteiger partial charge is 0.330 e. The molecule has 0 aliphatic heterocycles. The van der Waals surface area contributed by atoms with Crippen LogP contribution < -0.4 is 10.6 Å². The van der Waals surface area contributed by atoms with Gasteiger partial charge < -0.3 is 15.4 Å². The Morgan fingerprint density at radius 3 is 2.96 bits per heavy atom. The van der Waals surface area contributed by atoms with Crippen LogP contribution in [-0.4, -0.2) is 42.7 Å². The summed E-state index contributed by atoms with van der Waals surface area (Å²) in [7, 11) is 1.36. The normalized spacial score (nSPS) is 10.8. The first-order chi connectivity index (χ1) is 12.2. The third-order valence-electron chi connectivity index (χ3n) is 3.52. The maximum absolute atomic E-state index is 11.2. The molecule has 0 saturated carbocycles. The van der Waals surface area contributed by atoms with Crippen LogP contribution in [0, 0.1) is 0 Å². The van der Waals surface area contributed by atoms with Crippen LogP contribution in [0.4, 0.5) is 5.82 Å². The van der Waals surface area contributed by atoms with Gasteiger partial charge in [-0.1, -0.05) is 25.1 Å². The molecule has 0 aliphatic rings. The molecule has 0 atom stereocenters. The molecule has 1 aromatic carbocycles. The van der Waals surface area contributed by atoms with Crippen LogP contribution in [0.5, 0.6) is 0 Å². The van der Waals surface area contributed by atoms with Crippen molar-refractivity contribution in [1.82, 2.24) is 15.3 Å². The van der Waals surface area contributed by atoms with E-state index in [-0.39, 0.29) is 5.97 Å². The fourth-order valence-corrected chi connectivity index (χ4v) is 2.23. The van der Waals surface area contributed by atoms with Crippen LogP contribution in [0.15, 0.2) is 42.7 Å². The molecule has 6 nitrogen and oxygen atoms in total. The Kier molecular flexibility index (Phi) is 7.59. The first kappa shape index (κ1) is 18.6. The summed E-state index contributed by atoms with van der Waals surface area (Å²) in [5.74, 6) is 0.374. The maximum Gasteiger partial charge on any atom is 0.330 e. The van der Waals surface area contributed by atoms with E-state index in [1.807, 2.05) is 24.3 Å². The average Bonchev–Trinajstić information content (AvgIpc) is 2.66. The number of carbonyl (C=O) groups is 1. The van der Waals surface area contributed by atoms with Gasteiger partial charge in [-0.3, -0.25) is 4.98 Å². The van der Waals surface area contributed by atoms with E-state index in [1.54, 1.807) is 18.5 Å². The molecule has 0 saturated heterocycles. The molecule has 6 heteroatoms. The van der Waals surface area contributed by atoms with E-state index >= 15 is 0 Å². The first-order valence-electron chi connectivity index (χ1n) is 8.36. The largest absolute Gasteiger partial charge is 0.466 e. The van der Waals surface area contributed by atoms with Gasteiger partial charge in [-0.05, 0) is 37.2 Å². The fraction of sp³-hybridized carbons (Fsp3) is 0.316. The molecular formula is C19H24N4O2. The zero-order valence-electron chi connectivity index (χ0n) is 14.7. The second kappa shape index (κ2) is 10.2. The number of hydrogen-bond donors (Lipinski definition) is 2. The van der Waals surface area contributed by atoms with E-state index in [1.165, 1.54) is 13.2 Å². The molecule has 1 aromatic heterocycles.